The molecule has 0 fully saturated rings. The van der Waals surface area contributed by atoms with Gasteiger partial charge in [-0.05, 0) is 36.4 Å². The lowest BCUT2D eigenvalue weighted by Gasteiger charge is -2.08. The van der Waals surface area contributed by atoms with Crippen LogP contribution in [0, 0.1) is 0 Å². The molecule has 0 bridgehead atoms. The van der Waals surface area contributed by atoms with Gasteiger partial charge in [0.15, 0.2) is 0 Å². The number of hydrogen-bond donors (Lipinski definition) is 0. The molecule has 0 spiro atoms. The van der Waals surface area contributed by atoms with Crippen molar-refractivity contribution in [2.24, 2.45) is 0 Å². The van der Waals surface area contributed by atoms with Crippen molar-refractivity contribution in [3.8, 4) is 11.5 Å². The van der Waals surface area contributed by atoms with Crippen LogP contribution in [-0.4, -0.2) is 13.2 Å². The minimum absolute atomic E-state index is 0.619. The highest BCUT2D eigenvalue weighted by Gasteiger charge is 2.07. The quantitative estimate of drug-likeness (QED) is 0.444. The van der Waals surface area contributed by atoms with Crippen LogP contribution in [-0.2, 0) is 0 Å². The van der Waals surface area contributed by atoms with Crippen molar-refractivity contribution in [3.05, 3.63) is 72.8 Å². The fourth-order valence-corrected chi connectivity index (χ4v) is 2.75. The van der Waals surface area contributed by atoms with Gasteiger partial charge in [0.1, 0.15) is 22.7 Å². The lowest BCUT2D eigenvalue weighted by Crippen LogP contribution is -2.04. The number of furan rings is 1. The number of rotatable bonds is 6. The minimum atomic E-state index is 0.619. The number of benzene rings is 3. The maximum Gasteiger partial charge on any atom is 0.135 e. The van der Waals surface area contributed by atoms with E-state index >= 15 is 0 Å². The molecule has 0 aliphatic rings. The number of fused-ring (bicyclic) bond motifs is 3. The summed E-state index contributed by atoms with van der Waals surface area (Å²) in [6.07, 6.45) is 0.832. The molecule has 0 atom stereocenters. The standard InChI is InChI=1S/C21H18O3/c1-2-7-16(8-3-1)22-13-6-14-23-17-11-12-21-19(15-17)18-9-4-5-10-20(18)24-21/h1-5,7-12,15H,6,13-14H2. The van der Waals surface area contributed by atoms with Crippen LogP contribution in [0.3, 0.4) is 0 Å². The first-order valence-corrected chi connectivity index (χ1v) is 8.12. The van der Waals surface area contributed by atoms with E-state index in [-0.39, 0.29) is 0 Å². The first-order valence-electron chi connectivity index (χ1n) is 8.12. The average molecular weight is 318 g/mol. The summed E-state index contributed by atoms with van der Waals surface area (Å²) in [7, 11) is 0. The van der Waals surface area contributed by atoms with Gasteiger partial charge in [-0.2, -0.15) is 0 Å². The van der Waals surface area contributed by atoms with Crippen LogP contribution in [0.25, 0.3) is 21.9 Å². The van der Waals surface area contributed by atoms with E-state index < -0.39 is 0 Å². The second-order valence-corrected chi connectivity index (χ2v) is 5.62. The molecule has 0 saturated carbocycles. The first kappa shape index (κ1) is 14.6. The Hall–Kier alpha value is -2.94. The van der Waals surface area contributed by atoms with Gasteiger partial charge < -0.3 is 13.9 Å². The maximum atomic E-state index is 5.85. The fraction of sp³-hybridized carbons (Fsp3) is 0.143. The van der Waals surface area contributed by atoms with Crippen molar-refractivity contribution < 1.29 is 13.9 Å². The highest BCUT2D eigenvalue weighted by Crippen LogP contribution is 2.31. The molecule has 0 N–H and O–H groups in total. The van der Waals surface area contributed by atoms with Crippen LogP contribution in [0.15, 0.2) is 77.2 Å². The third-order valence-corrected chi connectivity index (χ3v) is 3.92. The van der Waals surface area contributed by atoms with Gasteiger partial charge in [0.25, 0.3) is 0 Å². The normalized spacial score (nSPS) is 11.0. The summed E-state index contributed by atoms with van der Waals surface area (Å²) >= 11 is 0. The lowest BCUT2D eigenvalue weighted by molar-refractivity contribution is 0.247. The Balaban J connectivity index is 1.37. The van der Waals surface area contributed by atoms with Crippen molar-refractivity contribution in [1.82, 2.24) is 0 Å². The van der Waals surface area contributed by atoms with Gasteiger partial charge in [0.2, 0.25) is 0 Å². The molecule has 0 radical (unpaired) electrons. The second kappa shape index (κ2) is 6.67. The minimum Gasteiger partial charge on any atom is -0.493 e. The van der Waals surface area contributed by atoms with E-state index in [1.807, 2.05) is 66.7 Å². The number of ether oxygens (including phenoxy) is 2. The molecule has 0 unspecified atom stereocenters. The zero-order valence-electron chi connectivity index (χ0n) is 13.3. The zero-order chi connectivity index (χ0) is 16.2. The van der Waals surface area contributed by atoms with Crippen molar-refractivity contribution in [2.45, 2.75) is 6.42 Å². The van der Waals surface area contributed by atoms with Gasteiger partial charge in [0.05, 0.1) is 13.2 Å². The molecule has 4 aromatic rings. The van der Waals surface area contributed by atoms with Gasteiger partial charge in [-0.25, -0.2) is 0 Å². The molecule has 120 valence electrons. The van der Waals surface area contributed by atoms with Crippen LogP contribution in [0.1, 0.15) is 6.42 Å². The summed E-state index contributed by atoms with van der Waals surface area (Å²) in [5.41, 5.74) is 1.79. The molecular formula is C21H18O3. The van der Waals surface area contributed by atoms with E-state index in [2.05, 4.69) is 6.07 Å². The van der Waals surface area contributed by atoms with Gasteiger partial charge >= 0.3 is 0 Å². The Labute approximate surface area is 140 Å². The van der Waals surface area contributed by atoms with Crippen molar-refractivity contribution in [1.29, 1.82) is 0 Å². The molecule has 0 saturated heterocycles. The van der Waals surface area contributed by atoms with E-state index in [4.69, 9.17) is 13.9 Å². The topological polar surface area (TPSA) is 31.6 Å². The highest BCUT2D eigenvalue weighted by molar-refractivity contribution is 6.05. The Morgan fingerprint density at radius 3 is 2.21 bits per heavy atom. The Kier molecular flexibility index (Phi) is 4.07. The smallest absolute Gasteiger partial charge is 0.135 e. The summed E-state index contributed by atoms with van der Waals surface area (Å²) in [5.74, 6) is 1.75. The van der Waals surface area contributed by atoms with Crippen LogP contribution >= 0.6 is 0 Å². The molecular weight excluding hydrogens is 300 g/mol. The van der Waals surface area contributed by atoms with E-state index in [0.717, 1.165) is 39.9 Å². The molecule has 3 nitrogen and oxygen atoms in total. The average Bonchev–Trinajstić information content (AvgIpc) is 3.00. The SMILES string of the molecule is c1ccc(OCCCOc2ccc3oc4ccccc4c3c2)cc1. The van der Waals surface area contributed by atoms with Crippen molar-refractivity contribution in [3.63, 3.8) is 0 Å². The maximum absolute atomic E-state index is 5.85. The number of hydrogen-bond acceptors (Lipinski definition) is 3. The molecule has 0 aliphatic carbocycles. The monoisotopic (exact) mass is 318 g/mol. The largest absolute Gasteiger partial charge is 0.493 e. The van der Waals surface area contributed by atoms with Gasteiger partial charge in [-0.3, -0.25) is 0 Å². The van der Waals surface area contributed by atoms with Crippen molar-refractivity contribution in [2.75, 3.05) is 13.2 Å². The third kappa shape index (κ3) is 3.06. The summed E-state index contributed by atoms with van der Waals surface area (Å²) in [6, 6.07) is 23.8. The molecule has 4 rings (SSSR count). The van der Waals surface area contributed by atoms with E-state index in [0.29, 0.717) is 13.2 Å². The molecule has 1 heterocycles. The van der Waals surface area contributed by atoms with Gasteiger partial charge in [-0.1, -0.05) is 36.4 Å². The van der Waals surface area contributed by atoms with Gasteiger partial charge in [0, 0.05) is 17.2 Å². The third-order valence-electron chi connectivity index (χ3n) is 3.92. The lowest BCUT2D eigenvalue weighted by atomic mass is 10.1. The fourth-order valence-electron chi connectivity index (χ4n) is 2.75. The second-order valence-electron chi connectivity index (χ2n) is 5.62. The van der Waals surface area contributed by atoms with Crippen LogP contribution in [0.2, 0.25) is 0 Å². The summed E-state index contributed by atoms with van der Waals surface area (Å²) in [4.78, 5) is 0. The molecule has 0 amide bonds. The molecule has 3 heteroatoms. The first-order chi connectivity index (χ1) is 11.9. The van der Waals surface area contributed by atoms with Crippen LogP contribution < -0.4 is 9.47 Å². The molecule has 24 heavy (non-hydrogen) atoms. The van der Waals surface area contributed by atoms with Crippen molar-refractivity contribution >= 4 is 21.9 Å². The Bertz CT molecular complexity index is 941. The summed E-state index contributed by atoms with van der Waals surface area (Å²) in [6.45, 7) is 1.26. The van der Waals surface area contributed by atoms with Gasteiger partial charge in [-0.15, -0.1) is 0 Å². The predicted molar refractivity (Wildman–Crippen MR) is 95.8 cm³/mol. The van der Waals surface area contributed by atoms with E-state index in [1.165, 1.54) is 0 Å². The predicted octanol–water partition coefficient (Wildman–Crippen LogP) is 5.43. The van der Waals surface area contributed by atoms with E-state index in [9.17, 15) is 0 Å². The summed E-state index contributed by atoms with van der Waals surface area (Å²) < 4.78 is 17.3. The Morgan fingerprint density at radius 1 is 0.625 bits per heavy atom. The number of para-hydroxylation sites is 2. The summed E-state index contributed by atoms with van der Waals surface area (Å²) in [5, 5.41) is 2.20. The highest BCUT2D eigenvalue weighted by atomic mass is 16.5. The molecule has 1 aromatic heterocycles. The zero-order valence-corrected chi connectivity index (χ0v) is 13.3. The van der Waals surface area contributed by atoms with Crippen LogP contribution in [0.4, 0.5) is 0 Å². The molecule has 3 aromatic carbocycles. The van der Waals surface area contributed by atoms with Crippen LogP contribution in [0.5, 0.6) is 11.5 Å². The van der Waals surface area contributed by atoms with E-state index in [1.54, 1.807) is 0 Å². The Morgan fingerprint density at radius 2 is 1.33 bits per heavy atom. The molecule has 0 aliphatic heterocycles.